The summed E-state index contributed by atoms with van der Waals surface area (Å²) >= 11 is 0. The Kier molecular flexibility index (Phi) is 9.04. The number of hydrogen-bond donors (Lipinski definition) is 4. The van der Waals surface area contributed by atoms with Crippen LogP contribution in [0.1, 0.15) is 59.8 Å². The lowest BCUT2D eigenvalue weighted by molar-refractivity contribution is -0.143. The van der Waals surface area contributed by atoms with Crippen molar-refractivity contribution in [2.45, 2.75) is 71.4 Å². The van der Waals surface area contributed by atoms with E-state index in [1.54, 1.807) is 20.8 Å². The SMILES string of the molecule is CC[C@@H](C=NNC(=O)NCC1CCC(C(=O)O)CC1)NC(=O)OC(C)(C)C. The van der Waals surface area contributed by atoms with Crippen LogP contribution in [0.5, 0.6) is 0 Å². The van der Waals surface area contributed by atoms with Gasteiger partial charge >= 0.3 is 18.1 Å². The summed E-state index contributed by atoms with van der Waals surface area (Å²) in [4.78, 5) is 34.5. The van der Waals surface area contributed by atoms with Crippen LogP contribution in [0.15, 0.2) is 5.10 Å². The number of alkyl carbamates (subject to hydrolysis) is 1. The largest absolute Gasteiger partial charge is 0.481 e. The van der Waals surface area contributed by atoms with Gasteiger partial charge in [-0.15, -0.1) is 0 Å². The predicted octanol–water partition coefficient (Wildman–Crippen LogP) is 2.47. The summed E-state index contributed by atoms with van der Waals surface area (Å²) in [6, 6.07) is -0.787. The third-order valence-electron chi connectivity index (χ3n) is 4.31. The first-order valence-electron chi connectivity index (χ1n) is 9.40. The maximum atomic E-state index is 11.8. The van der Waals surface area contributed by atoms with E-state index < -0.39 is 23.7 Å². The van der Waals surface area contributed by atoms with Gasteiger partial charge in [0, 0.05) is 12.8 Å². The second kappa shape index (κ2) is 10.7. The summed E-state index contributed by atoms with van der Waals surface area (Å²) in [6.07, 6.45) is 4.38. The highest BCUT2D eigenvalue weighted by Gasteiger charge is 2.26. The first kappa shape index (κ1) is 22.7. The molecule has 0 aliphatic heterocycles. The van der Waals surface area contributed by atoms with Crippen LogP contribution in [0.2, 0.25) is 0 Å². The first-order valence-corrected chi connectivity index (χ1v) is 9.40. The minimum absolute atomic E-state index is 0.261. The van der Waals surface area contributed by atoms with Crippen molar-refractivity contribution in [3.8, 4) is 0 Å². The number of carboxylic acid groups (broad SMARTS) is 1. The smallest absolute Gasteiger partial charge is 0.408 e. The van der Waals surface area contributed by atoms with Crippen molar-refractivity contribution in [1.82, 2.24) is 16.1 Å². The molecule has 9 heteroatoms. The standard InChI is InChI=1S/C18H32N4O5/c1-5-14(21-17(26)27-18(2,3)4)11-20-22-16(25)19-10-12-6-8-13(9-7-12)15(23)24/h11-14H,5-10H2,1-4H3,(H,21,26)(H,23,24)(H2,19,22,25)/t12?,13?,14-/m0/s1. The van der Waals surface area contributed by atoms with Crippen LogP contribution in [-0.4, -0.2) is 47.6 Å². The van der Waals surface area contributed by atoms with Gasteiger partial charge in [-0.1, -0.05) is 6.92 Å². The molecule has 3 amide bonds. The average molecular weight is 384 g/mol. The van der Waals surface area contributed by atoms with E-state index in [2.05, 4.69) is 21.2 Å². The Bertz CT molecular complexity index is 536. The van der Waals surface area contributed by atoms with Gasteiger partial charge in [0.05, 0.1) is 12.0 Å². The Morgan fingerprint density at radius 2 is 1.85 bits per heavy atom. The molecule has 9 nitrogen and oxygen atoms in total. The first-order chi connectivity index (χ1) is 12.6. The summed E-state index contributed by atoms with van der Waals surface area (Å²) in [5.41, 5.74) is 1.79. The highest BCUT2D eigenvalue weighted by molar-refractivity contribution is 5.78. The molecule has 0 heterocycles. The van der Waals surface area contributed by atoms with Gasteiger partial charge in [0.25, 0.3) is 0 Å². The van der Waals surface area contributed by atoms with Gasteiger partial charge in [0.2, 0.25) is 0 Å². The summed E-state index contributed by atoms with van der Waals surface area (Å²) < 4.78 is 5.18. The maximum Gasteiger partial charge on any atom is 0.408 e. The molecular weight excluding hydrogens is 352 g/mol. The number of hydrogen-bond acceptors (Lipinski definition) is 5. The highest BCUT2D eigenvalue weighted by atomic mass is 16.6. The Morgan fingerprint density at radius 3 is 2.37 bits per heavy atom. The number of nitrogens with zero attached hydrogens (tertiary/aromatic N) is 1. The third kappa shape index (κ3) is 9.81. The molecule has 154 valence electrons. The monoisotopic (exact) mass is 384 g/mol. The summed E-state index contributed by atoms with van der Waals surface area (Å²) in [6.45, 7) is 7.70. The fourth-order valence-electron chi connectivity index (χ4n) is 2.78. The molecule has 27 heavy (non-hydrogen) atoms. The number of carboxylic acids is 1. The average Bonchev–Trinajstić information content (AvgIpc) is 2.57. The lowest BCUT2D eigenvalue weighted by Crippen LogP contribution is -2.41. The van der Waals surface area contributed by atoms with Crippen LogP contribution in [0.4, 0.5) is 9.59 Å². The van der Waals surface area contributed by atoms with E-state index in [-0.39, 0.29) is 17.9 Å². The second-order valence-corrected chi connectivity index (χ2v) is 7.82. The topological polar surface area (TPSA) is 129 Å². The molecule has 0 aromatic heterocycles. The number of carbonyl (C=O) groups excluding carboxylic acids is 2. The van der Waals surface area contributed by atoms with Crippen molar-refractivity contribution < 1.29 is 24.2 Å². The second-order valence-electron chi connectivity index (χ2n) is 7.82. The quantitative estimate of drug-likeness (QED) is 0.396. The van der Waals surface area contributed by atoms with Crippen molar-refractivity contribution in [3.05, 3.63) is 0 Å². The molecule has 1 saturated carbocycles. The molecule has 0 saturated heterocycles. The summed E-state index contributed by atoms with van der Waals surface area (Å²) in [7, 11) is 0. The molecule has 1 fully saturated rings. The molecule has 0 aromatic rings. The Balaban J connectivity index is 2.27. The zero-order chi connectivity index (χ0) is 20.4. The number of rotatable bonds is 7. The number of urea groups is 1. The molecule has 0 spiro atoms. The lowest BCUT2D eigenvalue weighted by atomic mass is 9.82. The van der Waals surface area contributed by atoms with Gasteiger partial charge < -0.3 is 20.5 Å². The van der Waals surface area contributed by atoms with E-state index in [9.17, 15) is 14.4 Å². The molecule has 0 unspecified atom stereocenters. The number of nitrogens with one attached hydrogen (secondary N) is 3. The molecule has 1 rings (SSSR count). The number of amides is 3. The molecular formula is C18H32N4O5. The molecule has 0 bridgehead atoms. The molecule has 1 aliphatic carbocycles. The van der Waals surface area contributed by atoms with Crippen molar-refractivity contribution >= 4 is 24.3 Å². The van der Waals surface area contributed by atoms with E-state index >= 15 is 0 Å². The Hall–Kier alpha value is -2.32. The number of hydrazone groups is 1. The highest BCUT2D eigenvalue weighted by Crippen LogP contribution is 2.28. The van der Waals surface area contributed by atoms with Crippen LogP contribution in [0, 0.1) is 11.8 Å². The van der Waals surface area contributed by atoms with Gasteiger partial charge in [-0.25, -0.2) is 15.0 Å². The Labute approximate surface area is 160 Å². The lowest BCUT2D eigenvalue weighted by Gasteiger charge is -2.26. The van der Waals surface area contributed by atoms with Crippen LogP contribution >= 0.6 is 0 Å². The van der Waals surface area contributed by atoms with E-state index in [1.165, 1.54) is 6.21 Å². The van der Waals surface area contributed by atoms with Crippen LogP contribution in [-0.2, 0) is 9.53 Å². The van der Waals surface area contributed by atoms with Gasteiger partial charge in [0.1, 0.15) is 5.60 Å². The van der Waals surface area contributed by atoms with E-state index in [1.807, 2.05) is 6.92 Å². The van der Waals surface area contributed by atoms with Crippen LogP contribution in [0.3, 0.4) is 0 Å². The van der Waals surface area contributed by atoms with Crippen molar-refractivity contribution in [1.29, 1.82) is 0 Å². The minimum Gasteiger partial charge on any atom is -0.481 e. The van der Waals surface area contributed by atoms with Gasteiger partial charge in [0.15, 0.2) is 0 Å². The van der Waals surface area contributed by atoms with E-state index in [4.69, 9.17) is 9.84 Å². The fourth-order valence-corrected chi connectivity index (χ4v) is 2.78. The molecule has 1 aliphatic rings. The molecule has 0 radical (unpaired) electrons. The van der Waals surface area contributed by atoms with Crippen molar-refractivity contribution in [3.63, 3.8) is 0 Å². The maximum absolute atomic E-state index is 11.8. The van der Waals surface area contributed by atoms with Gasteiger partial charge in [-0.05, 0) is 58.8 Å². The van der Waals surface area contributed by atoms with Gasteiger partial charge in [-0.3, -0.25) is 4.79 Å². The number of carbonyl (C=O) groups is 3. The molecule has 4 N–H and O–H groups in total. The van der Waals surface area contributed by atoms with Crippen molar-refractivity contribution in [2.75, 3.05) is 6.54 Å². The molecule has 1 atom stereocenters. The van der Waals surface area contributed by atoms with E-state index in [0.717, 1.165) is 12.8 Å². The normalized spacial score (nSPS) is 21.3. The number of ether oxygens (including phenoxy) is 1. The van der Waals surface area contributed by atoms with Crippen molar-refractivity contribution in [2.24, 2.45) is 16.9 Å². The number of aliphatic carboxylic acids is 1. The van der Waals surface area contributed by atoms with Gasteiger partial charge in [-0.2, -0.15) is 5.10 Å². The van der Waals surface area contributed by atoms with E-state index in [0.29, 0.717) is 25.8 Å². The van der Waals surface area contributed by atoms with Crippen LogP contribution in [0.25, 0.3) is 0 Å². The van der Waals surface area contributed by atoms with Crippen LogP contribution < -0.4 is 16.1 Å². The predicted molar refractivity (Wildman–Crippen MR) is 102 cm³/mol. The zero-order valence-electron chi connectivity index (χ0n) is 16.6. The summed E-state index contributed by atoms with van der Waals surface area (Å²) in [5, 5.41) is 18.2. The Morgan fingerprint density at radius 1 is 1.22 bits per heavy atom. The zero-order valence-corrected chi connectivity index (χ0v) is 16.6. The summed E-state index contributed by atoms with van der Waals surface area (Å²) in [5.74, 6) is -0.713. The fraction of sp³-hybridized carbons (Fsp3) is 0.778. The molecule has 0 aromatic carbocycles. The minimum atomic E-state index is -0.737. The third-order valence-corrected chi connectivity index (χ3v) is 4.31.